The van der Waals surface area contributed by atoms with Crippen LogP contribution in [0.5, 0.6) is 0 Å². The summed E-state index contributed by atoms with van der Waals surface area (Å²) in [5, 5.41) is 0. The second-order valence-electron chi connectivity index (χ2n) is 5.83. The predicted octanol–water partition coefficient (Wildman–Crippen LogP) is 2.94. The van der Waals surface area contributed by atoms with Gasteiger partial charge >= 0.3 is 17.8 Å². The third-order valence-electron chi connectivity index (χ3n) is 4.38. The molecule has 3 nitrogen and oxygen atoms in total. The minimum atomic E-state index is -6.34. The highest BCUT2D eigenvalue weighted by Gasteiger charge is 2.91. The van der Waals surface area contributed by atoms with Crippen LogP contribution in [0.2, 0.25) is 0 Å². The van der Waals surface area contributed by atoms with E-state index in [1.54, 1.807) is 0 Å². The van der Waals surface area contributed by atoms with Crippen LogP contribution in [0.4, 0.5) is 40.8 Å². The molecule has 1 fully saturated rings. The van der Waals surface area contributed by atoms with E-state index in [1.807, 2.05) is 0 Å². The first-order valence-electron chi connectivity index (χ1n) is 6.61. The first kappa shape index (κ1) is 17.6. The molecule has 25 heavy (non-hydrogen) atoms. The molecule has 2 aliphatic rings. The third kappa shape index (κ3) is 1.62. The van der Waals surface area contributed by atoms with E-state index >= 15 is 0 Å². The van der Waals surface area contributed by atoms with Crippen LogP contribution in [-0.2, 0) is 10.7 Å². The van der Waals surface area contributed by atoms with Gasteiger partial charge in [0.2, 0.25) is 5.78 Å². The number of carbonyl (C=O) groups is 1. The Balaban J connectivity index is 2.45. The summed E-state index contributed by atoms with van der Waals surface area (Å²) in [5.41, 5.74) is -0.580. The number of anilines is 1. The Hall–Kier alpha value is -2.17. The van der Waals surface area contributed by atoms with Gasteiger partial charge in [0.15, 0.2) is 0 Å². The molecule has 0 radical (unpaired) electrons. The van der Waals surface area contributed by atoms with E-state index in [4.69, 9.17) is 5.73 Å². The molecule has 0 bridgehead atoms. The van der Waals surface area contributed by atoms with Crippen LogP contribution in [0, 0.1) is 0 Å². The van der Waals surface area contributed by atoms with Gasteiger partial charge in [0.25, 0.3) is 11.5 Å². The van der Waals surface area contributed by atoms with Crippen LogP contribution in [0.1, 0.15) is 11.1 Å². The Bertz CT molecular complexity index is 832. The molecule has 0 amide bonds. The Labute approximate surface area is 134 Å². The number of hydrogen-bond donors (Lipinski definition) is 2. The number of carbonyl (C=O) groups excluding carboxylic acids is 1. The van der Waals surface area contributed by atoms with Crippen LogP contribution < -0.4 is 11.5 Å². The predicted molar refractivity (Wildman–Crippen MR) is 69.5 cm³/mol. The van der Waals surface area contributed by atoms with Gasteiger partial charge in [-0.25, -0.2) is 8.78 Å². The van der Waals surface area contributed by atoms with Crippen molar-refractivity contribution in [2.24, 2.45) is 5.73 Å². The van der Waals surface area contributed by atoms with Crippen LogP contribution >= 0.6 is 0 Å². The van der Waals surface area contributed by atoms with Gasteiger partial charge in [-0.3, -0.25) is 10.5 Å². The second kappa shape index (κ2) is 4.32. The minimum absolute atomic E-state index is 0.152. The van der Waals surface area contributed by atoms with Gasteiger partial charge in [-0.15, -0.1) is 0 Å². The van der Waals surface area contributed by atoms with Crippen molar-refractivity contribution in [3.63, 3.8) is 0 Å². The van der Waals surface area contributed by atoms with Crippen LogP contribution in [0.15, 0.2) is 23.8 Å². The maximum Gasteiger partial charge on any atom is 0.367 e. The standard InChI is InChI=1S/C14H8F8N2O/c15-10-8(9(25)12(18,24)14(21,22)13(10,19)20)3-5-1-2-6(23)4-7(5)11(10,16)17/h1-4H,23-24H2. The highest BCUT2D eigenvalue weighted by molar-refractivity contribution is 6.10. The number of ketones is 1. The number of halogens is 8. The molecule has 0 spiro atoms. The Kier molecular flexibility index (Phi) is 3.05. The van der Waals surface area contributed by atoms with E-state index in [9.17, 15) is 39.9 Å². The first-order chi connectivity index (χ1) is 11.1. The van der Waals surface area contributed by atoms with Crippen molar-refractivity contribution in [3.05, 3.63) is 34.9 Å². The number of alkyl halides is 8. The zero-order chi connectivity index (χ0) is 19.2. The summed E-state index contributed by atoms with van der Waals surface area (Å²) >= 11 is 0. The summed E-state index contributed by atoms with van der Waals surface area (Å²) in [6, 6.07) is 2.24. The molecule has 1 aromatic rings. The largest absolute Gasteiger partial charge is 0.399 e. The van der Waals surface area contributed by atoms with Gasteiger partial charge in [-0.1, -0.05) is 6.07 Å². The van der Waals surface area contributed by atoms with E-state index in [2.05, 4.69) is 5.73 Å². The molecule has 136 valence electrons. The van der Waals surface area contributed by atoms with Crippen LogP contribution in [0.3, 0.4) is 0 Å². The van der Waals surface area contributed by atoms with Gasteiger partial charge in [0, 0.05) is 11.3 Å². The molecule has 0 aliphatic heterocycles. The third-order valence-corrected chi connectivity index (χ3v) is 4.38. The van der Waals surface area contributed by atoms with Crippen LogP contribution in [0.25, 0.3) is 6.08 Å². The van der Waals surface area contributed by atoms with Gasteiger partial charge in [-0.2, -0.15) is 26.3 Å². The number of hydrogen-bond acceptors (Lipinski definition) is 3. The number of benzene rings is 1. The lowest BCUT2D eigenvalue weighted by atomic mass is 9.64. The molecular formula is C14H8F8N2O. The minimum Gasteiger partial charge on any atom is -0.399 e. The average molecular weight is 372 g/mol. The number of rotatable bonds is 0. The number of fused-ring (bicyclic) bond motifs is 2. The summed E-state index contributed by atoms with van der Waals surface area (Å²) in [7, 11) is 0. The SMILES string of the molecule is Nc1ccc2c(c1)C(F)(F)C1(F)C(=C2)C(=O)C(N)(F)C(F)(F)C1(F)F. The lowest BCUT2D eigenvalue weighted by molar-refractivity contribution is -0.348. The average Bonchev–Trinajstić information content (AvgIpc) is 2.49. The fourth-order valence-electron chi connectivity index (χ4n) is 2.95. The van der Waals surface area contributed by atoms with Gasteiger partial charge in [0.1, 0.15) is 0 Å². The summed E-state index contributed by atoms with van der Waals surface area (Å²) in [6.07, 6.45) is 0.152. The van der Waals surface area contributed by atoms with E-state index in [0.717, 1.165) is 12.1 Å². The highest BCUT2D eigenvalue weighted by atomic mass is 19.3. The monoisotopic (exact) mass is 372 g/mol. The molecule has 2 atom stereocenters. The molecule has 2 unspecified atom stereocenters. The van der Waals surface area contributed by atoms with Crippen molar-refractivity contribution in [1.82, 2.24) is 0 Å². The van der Waals surface area contributed by atoms with Gasteiger partial charge in [0.05, 0.1) is 5.57 Å². The Morgan fingerprint density at radius 1 is 0.880 bits per heavy atom. The second-order valence-corrected chi connectivity index (χ2v) is 5.83. The first-order valence-corrected chi connectivity index (χ1v) is 6.61. The Morgan fingerprint density at radius 3 is 2.00 bits per heavy atom. The van der Waals surface area contributed by atoms with E-state index < -0.39 is 57.4 Å². The summed E-state index contributed by atoms with van der Waals surface area (Å²) in [6.45, 7) is 0. The molecule has 2 aliphatic carbocycles. The number of Topliss-reactive ketones (excluding diaryl/α,β-unsaturated/α-hetero) is 1. The highest BCUT2D eigenvalue weighted by Crippen LogP contribution is 2.66. The fourth-order valence-corrected chi connectivity index (χ4v) is 2.95. The van der Waals surface area contributed by atoms with Crippen LogP contribution in [-0.4, -0.2) is 29.1 Å². The van der Waals surface area contributed by atoms with E-state index in [-0.39, 0.29) is 6.08 Å². The lowest BCUT2D eigenvalue weighted by Crippen LogP contribution is -2.79. The molecule has 0 heterocycles. The summed E-state index contributed by atoms with van der Waals surface area (Å²) in [4.78, 5) is 11.8. The zero-order valence-electron chi connectivity index (χ0n) is 11.9. The van der Waals surface area contributed by atoms with Crippen molar-refractivity contribution >= 4 is 17.5 Å². The summed E-state index contributed by atoms with van der Waals surface area (Å²) in [5.74, 6) is -25.6. The molecule has 0 aromatic heterocycles. The van der Waals surface area contributed by atoms with Gasteiger partial charge < -0.3 is 5.73 Å². The molecule has 0 saturated heterocycles. The maximum atomic E-state index is 14.9. The number of nitrogen functional groups attached to an aromatic ring is 1. The van der Waals surface area contributed by atoms with E-state index in [1.165, 1.54) is 0 Å². The number of nitrogens with two attached hydrogens (primary N) is 2. The quantitative estimate of drug-likeness (QED) is 0.418. The van der Waals surface area contributed by atoms with Gasteiger partial charge in [-0.05, 0) is 23.8 Å². The molecule has 11 heteroatoms. The van der Waals surface area contributed by atoms with Crippen molar-refractivity contribution in [2.45, 2.75) is 29.2 Å². The normalized spacial score (nSPS) is 34.8. The lowest BCUT2D eigenvalue weighted by Gasteiger charge is -2.51. The topological polar surface area (TPSA) is 69.1 Å². The van der Waals surface area contributed by atoms with Crippen molar-refractivity contribution in [3.8, 4) is 0 Å². The molecule has 3 rings (SSSR count). The van der Waals surface area contributed by atoms with Crippen molar-refractivity contribution in [1.29, 1.82) is 0 Å². The fraction of sp³-hybridized carbons (Fsp3) is 0.357. The zero-order valence-corrected chi connectivity index (χ0v) is 11.9. The summed E-state index contributed by atoms with van der Waals surface area (Å²) < 4.78 is 114. The maximum absolute atomic E-state index is 14.9. The molecule has 1 aromatic carbocycles. The van der Waals surface area contributed by atoms with Crippen molar-refractivity contribution in [2.75, 3.05) is 5.73 Å². The molecule has 1 saturated carbocycles. The van der Waals surface area contributed by atoms with Crippen molar-refractivity contribution < 1.29 is 39.9 Å². The van der Waals surface area contributed by atoms with E-state index in [0.29, 0.717) is 6.07 Å². The smallest absolute Gasteiger partial charge is 0.367 e. The molecule has 4 N–H and O–H groups in total. The molecular weight excluding hydrogens is 364 g/mol. The Morgan fingerprint density at radius 2 is 1.44 bits per heavy atom.